The Kier molecular flexibility index (Phi) is 1.96. The van der Waals surface area contributed by atoms with E-state index in [1.165, 1.54) is 36.1 Å². The van der Waals surface area contributed by atoms with Crippen molar-refractivity contribution in [2.75, 3.05) is 0 Å². The molecule has 2 aromatic rings. The number of hydrogen-bond acceptors (Lipinski definition) is 2. The molecule has 0 radical (unpaired) electrons. The molecule has 102 valence electrons. The second kappa shape index (κ2) is 3.53. The summed E-state index contributed by atoms with van der Waals surface area (Å²) >= 11 is 0. The minimum atomic E-state index is -0.151. The Hall–Kier alpha value is -1.61. The second-order valence-corrected chi connectivity index (χ2v) is 6.73. The molecule has 2 fully saturated rings. The van der Waals surface area contributed by atoms with Crippen molar-refractivity contribution in [3.63, 3.8) is 0 Å². The van der Waals surface area contributed by atoms with E-state index in [0.29, 0.717) is 11.3 Å². The lowest BCUT2D eigenvalue weighted by Crippen LogP contribution is -2.58. The van der Waals surface area contributed by atoms with E-state index < -0.39 is 0 Å². The van der Waals surface area contributed by atoms with Crippen LogP contribution in [0.5, 0.6) is 0 Å². The van der Waals surface area contributed by atoms with E-state index >= 15 is 0 Å². The summed E-state index contributed by atoms with van der Waals surface area (Å²) in [7, 11) is 0. The number of aromatic nitrogens is 2. The highest BCUT2D eigenvalue weighted by molar-refractivity contribution is 5.69. The molecule has 20 heavy (non-hydrogen) atoms. The Labute approximate surface area is 118 Å². The van der Waals surface area contributed by atoms with Crippen molar-refractivity contribution in [1.82, 2.24) is 9.55 Å². The van der Waals surface area contributed by atoms with Crippen LogP contribution in [0.1, 0.15) is 37.3 Å². The zero-order valence-electron chi connectivity index (χ0n) is 11.4. The van der Waals surface area contributed by atoms with Gasteiger partial charge in [0.1, 0.15) is 0 Å². The van der Waals surface area contributed by atoms with E-state index in [2.05, 4.69) is 33.8 Å². The Morgan fingerprint density at radius 3 is 2.85 bits per heavy atom. The second-order valence-electron chi connectivity index (χ2n) is 6.73. The highest BCUT2D eigenvalue weighted by Gasteiger charge is 2.60. The molecule has 1 aromatic carbocycles. The predicted octanol–water partition coefficient (Wildman–Crippen LogP) is 3.00. The standard InChI is InChI=1S/C17H18N2O/c20-14-8-17(6-3-7-17)15(14)16-12-5-2-1-4-11(12)13-9-18-10-19(13)16/h1-2,4-5,9-10,14-16,20H,3,6-8H2/t14-,15-,16+/m1/s1. The molecule has 1 aliphatic heterocycles. The van der Waals surface area contributed by atoms with Gasteiger partial charge in [-0.3, -0.25) is 0 Å². The number of fused-ring (bicyclic) bond motifs is 3. The Bertz CT molecular complexity index is 686. The molecule has 3 aliphatic rings. The first-order chi connectivity index (χ1) is 9.80. The van der Waals surface area contributed by atoms with Crippen LogP contribution in [-0.4, -0.2) is 20.8 Å². The fourth-order valence-corrected chi connectivity index (χ4v) is 4.88. The van der Waals surface area contributed by atoms with Gasteiger partial charge < -0.3 is 9.67 Å². The number of benzene rings is 1. The van der Waals surface area contributed by atoms with Gasteiger partial charge in [0.15, 0.2) is 0 Å². The molecule has 0 amide bonds. The van der Waals surface area contributed by atoms with Crippen LogP contribution in [0, 0.1) is 11.3 Å². The summed E-state index contributed by atoms with van der Waals surface area (Å²) in [5.74, 6) is 0.368. The first kappa shape index (κ1) is 11.1. The zero-order chi connectivity index (χ0) is 13.3. The Balaban J connectivity index is 1.68. The van der Waals surface area contributed by atoms with Crippen molar-refractivity contribution in [3.8, 4) is 11.3 Å². The first-order valence-corrected chi connectivity index (χ1v) is 7.59. The van der Waals surface area contributed by atoms with Crippen molar-refractivity contribution in [2.45, 2.75) is 37.8 Å². The summed E-state index contributed by atoms with van der Waals surface area (Å²) in [5, 5.41) is 10.4. The molecular formula is C17H18N2O. The molecular weight excluding hydrogens is 248 g/mol. The van der Waals surface area contributed by atoms with Gasteiger partial charge in [0, 0.05) is 11.5 Å². The van der Waals surface area contributed by atoms with Gasteiger partial charge >= 0.3 is 0 Å². The molecule has 2 heterocycles. The monoisotopic (exact) mass is 266 g/mol. The van der Waals surface area contributed by atoms with Crippen molar-refractivity contribution in [1.29, 1.82) is 0 Å². The quantitative estimate of drug-likeness (QED) is 0.861. The van der Waals surface area contributed by atoms with E-state index in [1.807, 2.05) is 12.5 Å². The summed E-state index contributed by atoms with van der Waals surface area (Å²) in [4.78, 5) is 4.33. The molecule has 0 saturated heterocycles. The third-order valence-corrected chi connectivity index (χ3v) is 5.95. The minimum absolute atomic E-state index is 0.151. The van der Waals surface area contributed by atoms with Gasteiger partial charge in [0.05, 0.1) is 30.4 Å². The average molecular weight is 266 g/mol. The number of imidazole rings is 1. The molecule has 3 atom stereocenters. The lowest BCUT2D eigenvalue weighted by atomic mass is 9.46. The molecule has 0 bridgehead atoms. The van der Waals surface area contributed by atoms with E-state index in [0.717, 1.165) is 6.42 Å². The highest BCUT2D eigenvalue weighted by Crippen LogP contribution is 2.65. The maximum Gasteiger partial charge on any atom is 0.0956 e. The summed E-state index contributed by atoms with van der Waals surface area (Å²) < 4.78 is 2.29. The molecule has 3 heteroatoms. The van der Waals surface area contributed by atoms with Crippen LogP contribution in [0.25, 0.3) is 11.3 Å². The molecule has 0 unspecified atom stereocenters. The molecule has 1 spiro atoms. The molecule has 2 saturated carbocycles. The normalized spacial score (nSPS) is 32.4. The number of nitrogens with zero attached hydrogens (tertiary/aromatic N) is 2. The summed E-state index contributed by atoms with van der Waals surface area (Å²) in [6, 6.07) is 8.90. The molecule has 3 nitrogen and oxygen atoms in total. The van der Waals surface area contributed by atoms with Crippen LogP contribution in [0.15, 0.2) is 36.8 Å². The summed E-state index contributed by atoms with van der Waals surface area (Å²) in [6.45, 7) is 0. The van der Waals surface area contributed by atoms with Gasteiger partial charge in [0.25, 0.3) is 0 Å². The van der Waals surface area contributed by atoms with Gasteiger partial charge in [0.2, 0.25) is 0 Å². The predicted molar refractivity (Wildman–Crippen MR) is 76.2 cm³/mol. The fourth-order valence-electron chi connectivity index (χ4n) is 4.88. The third-order valence-electron chi connectivity index (χ3n) is 5.95. The topological polar surface area (TPSA) is 38.1 Å². The number of hydrogen-bond donors (Lipinski definition) is 1. The first-order valence-electron chi connectivity index (χ1n) is 7.59. The van der Waals surface area contributed by atoms with Gasteiger partial charge in [-0.05, 0) is 30.2 Å². The molecule has 5 rings (SSSR count). The molecule has 2 aliphatic carbocycles. The van der Waals surface area contributed by atoms with Crippen LogP contribution < -0.4 is 0 Å². The maximum absolute atomic E-state index is 10.4. The van der Waals surface area contributed by atoms with Crippen molar-refractivity contribution < 1.29 is 5.11 Å². The van der Waals surface area contributed by atoms with E-state index in [4.69, 9.17) is 0 Å². The van der Waals surface area contributed by atoms with Gasteiger partial charge in [-0.2, -0.15) is 0 Å². The average Bonchev–Trinajstić information content (AvgIpc) is 2.97. The zero-order valence-corrected chi connectivity index (χ0v) is 11.4. The van der Waals surface area contributed by atoms with E-state index in [1.54, 1.807) is 0 Å². The van der Waals surface area contributed by atoms with Crippen molar-refractivity contribution in [2.24, 2.45) is 11.3 Å². The Morgan fingerprint density at radius 1 is 1.25 bits per heavy atom. The van der Waals surface area contributed by atoms with Gasteiger partial charge in [-0.25, -0.2) is 4.98 Å². The van der Waals surface area contributed by atoms with Crippen molar-refractivity contribution in [3.05, 3.63) is 42.4 Å². The molecule has 1 N–H and O–H groups in total. The third kappa shape index (κ3) is 1.14. The SMILES string of the molecule is O[C@@H]1CC2(CCC2)[C@H]1[C@@H]1c2ccccc2-c2cncn21. The van der Waals surface area contributed by atoms with Crippen LogP contribution in [0.3, 0.4) is 0 Å². The van der Waals surface area contributed by atoms with Crippen LogP contribution in [0.2, 0.25) is 0 Å². The Morgan fingerprint density at radius 2 is 2.10 bits per heavy atom. The maximum atomic E-state index is 10.4. The summed E-state index contributed by atoms with van der Waals surface area (Å²) in [6.07, 6.45) is 8.65. The number of aliphatic hydroxyl groups is 1. The van der Waals surface area contributed by atoms with Gasteiger partial charge in [-0.15, -0.1) is 0 Å². The minimum Gasteiger partial charge on any atom is -0.393 e. The van der Waals surface area contributed by atoms with Crippen LogP contribution in [0.4, 0.5) is 0 Å². The highest BCUT2D eigenvalue weighted by atomic mass is 16.3. The number of rotatable bonds is 1. The smallest absolute Gasteiger partial charge is 0.0956 e. The van der Waals surface area contributed by atoms with E-state index in [-0.39, 0.29) is 12.1 Å². The van der Waals surface area contributed by atoms with Crippen LogP contribution >= 0.6 is 0 Å². The van der Waals surface area contributed by atoms with Crippen molar-refractivity contribution >= 4 is 0 Å². The molecule has 1 aromatic heterocycles. The summed E-state index contributed by atoms with van der Waals surface area (Å²) in [5.41, 5.74) is 4.28. The lowest BCUT2D eigenvalue weighted by molar-refractivity contribution is -0.165. The largest absolute Gasteiger partial charge is 0.393 e. The van der Waals surface area contributed by atoms with Crippen LogP contribution in [-0.2, 0) is 0 Å². The number of aliphatic hydroxyl groups excluding tert-OH is 1. The van der Waals surface area contributed by atoms with E-state index in [9.17, 15) is 5.11 Å². The fraction of sp³-hybridized carbons (Fsp3) is 0.471. The lowest BCUT2D eigenvalue weighted by Gasteiger charge is -2.61. The van der Waals surface area contributed by atoms with Gasteiger partial charge in [-0.1, -0.05) is 30.7 Å².